The number of hydrogen-bond donors (Lipinski definition) is 1. The van der Waals surface area contributed by atoms with Crippen molar-refractivity contribution in [3.8, 4) is 0 Å². The van der Waals surface area contributed by atoms with Crippen LogP contribution in [-0.4, -0.2) is 23.7 Å². The van der Waals surface area contributed by atoms with Crippen LogP contribution in [0.1, 0.15) is 30.7 Å². The molecule has 1 unspecified atom stereocenters. The molecule has 1 nitrogen and oxygen atoms in total. The molecule has 1 saturated carbocycles. The summed E-state index contributed by atoms with van der Waals surface area (Å²) in [6, 6.07) is 8.79. The minimum Gasteiger partial charge on any atom is -0.309 e. The van der Waals surface area contributed by atoms with Crippen molar-refractivity contribution in [1.82, 2.24) is 5.32 Å². The minimum absolute atomic E-state index is 0.254. The normalized spacial score (nSPS) is 25.4. The second kappa shape index (κ2) is 4.83. The molecule has 1 fully saturated rings. The summed E-state index contributed by atoms with van der Waals surface area (Å²) in [5, 5.41) is 3.72. The molecular formula is C14H18ClNS. The van der Waals surface area contributed by atoms with Gasteiger partial charge in [-0.3, -0.25) is 0 Å². The van der Waals surface area contributed by atoms with Crippen LogP contribution >= 0.6 is 23.4 Å². The van der Waals surface area contributed by atoms with Crippen molar-refractivity contribution in [1.29, 1.82) is 0 Å². The fraction of sp³-hybridized carbons (Fsp3) is 0.571. The van der Waals surface area contributed by atoms with Crippen LogP contribution in [0.25, 0.3) is 0 Å². The zero-order chi connectivity index (χ0) is 11.7. The van der Waals surface area contributed by atoms with Gasteiger partial charge in [0.2, 0.25) is 0 Å². The van der Waals surface area contributed by atoms with Crippen LogP contribution in [0.2, 0.25) is 0 Å². The topological polar surface area (TPSA) is 12.0 Å². The summed E-state index contributed by atoms with van der Waals surface area (Å²) in [6.45, 7) is 1.08. The first kappa shape index (κ1) is 11.9. The number of hydrogen-bond acceptors (Lipinski definition) is 2. The van der Waals surface area contributed by atoms with Crippen LogP contribution in [0.5, 0.6) is 0 Å². The van der Waals surface area contributed by atoms with Gasteiger partial charge in [-0.25, -0.2) is 0 Å². The fourth-order valence-corrected chi connectivity index (χ4v) is 4.32. The Labute approximate surface area is 112 Å². The van der Waals surface area contributed by atoms with Gasteiger partial charge in [0.05, 0.1) is 0 Å². The van der Waals surface area contributed by atoms with Crippen LogP contribution in [-0.2, 0) is 0 Å². The first-order chi connectivity index (χ1) is 8.33. The van der Waals surface area contributed by atoms with Gasteiger partial charge < -0.3 is 5.32 Å². The lowest BCUT2D eigenvalue weighted by molar-refractivity contribution is 0.211. The SMILES string of the molecule is ClCC1(NCC2CSc3ccccc32)CCC1. The summed E-state index contributed by atoms with van der Waals surface area (Å²) >= 11 is 8.06. The molecule has 3 rings (SSSR count). The molecule has 1 aromatic carbocycles. The highest BCUT2D eigenvalue weighted by Gasteiger charge is 2.36. The molecule has 0 saturated heterocycles. The average molecular weight is 268 g/mol. The molecule has 17 heavy (non-hydrogen) atoms. The molecule has 92 valence electrons. The summed E-state index contributed by atoms with van der Waals surface area (Å²) in [7, 11) is 0. The predicted molar refractivity (Wildman–Crippen MR) is 75.2 cm³/mol. The Morgan fingerprint density at radius 2 is 2.18 bits per heavy atom. The third-order valence-corrected chi connectivity index (χ3v) is 5.85. The Morgan fingerprint density at radius 3 is 2.88 bits per heavy atom. The maximum absolute atomic E-state index is 6.08. The Kier molecular flexibility index (Phi) is 3.38. The summed E-state index contributed by atoms with van der Waals surface area (Å²) in [4.78, 5) is 1.47. The Hall–Kier alpha value is -0.180. The van der Waals surface area contributed by atoms with Crippen LogP contribution in [0.15, 0.2) is 29.2 Å². The number of halogens is 1. The van der Waals surface area contributed by atoms with Gasteiger partial charge in [0.1, 0.15) is 0 Å². The molecule has 0 aromatic heterocycles. The number of thioether (sulfide) groups is 1. The van der Waals surface area contributed by atoms with Crippen molar-refractivity contribution >= 4 is 23.4 Å². The first-order valence-corrected chi connectivity index (χ1v) is 7.88. The second-order valence-corrected chi connectivity index (χ2v) is 6.52. The molecule has 1 aromatic rings. The maximum atomic E-state index is 6.08. The lowest BCUT2D eigenvalue weighted by Gasteiger charge is -2.42. The number of alkyl halides is 1. The maximum Gasteiger partial charge on any atom is 0.0406 e. The molecular weight excluding hydrogens is 250 g/mol. The van der Waals surface area contributed by atoms with Gasteiger partial charge in [-0.2, -0.15) is 0 Å². The van der Waals surface area contributed by atoms with Gasteiger partial charge in [0, 0.05) is 34.5 Å². The van der Waals surface area contributed by atoms with E-state index in [4.69, 9.17) is 11.6 Å². The zero-order valence-corrected chi connectivity index (χ0v) is 11.5. The van der Waals surface area contributed by atoms with Crippen LogP contribution in [0, 0.1) is 0 Å². The van der Waals surface area contributed by atoms with Crippen molar-refractivity contribution in [3.05, 3.63) is 29.8 Å². The van der Waals surface area contributed by atoms with Gasteiger partial charge in [-0.05, 0) is 30.9 Å². The van der Waals surface area contributed by atoms with E-state index in [9.17, 15) is 0 Å². The minimum atomic E-state index is 0.254. The average Bonchev–Trinajstić information content (AvgIpc) is 2.72. The van der Waals surface area contributed by atoms with Crippen molar-refractivity contribution in [2.75, 3.05) is 18.2 Å². The summed E-state index contributed by atoms with van der Waals surface area (Å²) in [5.74, 6) is 2.64. The lowest BCUT2D eigenvalue weighted by Crippen LogP contribution is -2.53. The van der Waals surface area contributed by atoms with E-state index >= 15 is 0 Å². The third-order valence-electron chi connectivity index (χ3n) is 4.09. The zero-order valence-electron chi connectivity index (χ0n) is 9.92. The fourth-order valence-electron chi connectivity index (χ4n) is 2.70. The van der Waals surface area contributed by atoms with E-state index in [2.05, 4.69) is 29.6 Å². The van der Waals surface area contributed by atoms with Crippen molar-refractivity contribution in [2.24, 2.45) is 0 Å². The van der Waals surface area contributed by atoms with Gasteiger partial charge in [0.25, 0.3) is 0 Å². The lowest BCUT2D eigenvalue weighted by atomic mass is 9.78. The van der Waals surface area contributed by atoms with E-state index in [-0.39, 0.29) is 5.54 Å². The Balaban J connectivity index is 1.64. The summed E-state index contributed by atoms with van der Waals surface area (Å²) in [5.41, 5.74) is 1.78. The Bertz CT molecular complexity index is 397. The summed E-state index contributed by atoms with van der Waals surface area (Å²) < 4.78 is 0. The molecule has 0 amide bonds. The van der Waals surface area contributed by atoms with E-state index in [1.165, 1.54) is 35.5 Å². The van der Waals surface area contributed by atoms with E-state index < -0.39 is 0 Å². The molecule has 0 bridgehead atoms. The first-order valence-electron chi connectivity index (χ1n) is 6.36. The van der Waals surface area contributed by atoms with Crippen LogP contribution in [0.3, 0.4) is 0 Å². The molecule has 1 aliphatic heterocycles. The highest BCUT2D eigenvalue weighted by atomic mass is 35.5. The molecule has 1 atom stereocenters. The largest absolute Gasteiger partial charge is 0.309 e. The van der Waals surface area contributed by atoms with Crippen LogP contribution in [0.4, 0.5) is 0 Å². The van der Waals surface area contributed by atoms with Crippen molar-refractivity contribution in [2.45, 2.75) is 35.6 Å². The number of benzene rings is 1. The van der Waals surface area contributed by atoms with E-state index in [0.717, 1.165) is 12.4 Å². The van der Waals surface area contributed by atoms with Gasteiger partial charge in [0.15, 0.2) is 0 Å². The van der Waals surface area contributed by atoms with E-state index in [1.54, 1.807) is 0 Å². The smallest absolute Gasteiger partial charge is 0.0406 e. The predicted octanol–water partition coefficient (Wildman–Crippen LogP) is 3.63. The number of rotatable bonds is 4. The molecule has 0 spiro atoms. The van der Waals surface area contributed by atoms with Crippen molar-refractivity contribution in [3.63, 3.8) is 0 Å². The summed E-state index contributed by atoms with van der Waals surface area (Å²) in [6.07, 6.45) is 3.83. The quantitative estimate of drug-likeness (QED) is 0.836. The molecule has 1 aliphatic carbocycles. The molecule has 0 radical (unpaired) electrons. The number of nitrogens with one attached hydrogen (secondary N) is 1. The molecule has 1 heterocycles. The standard InChI is InChI=1S/C14H18ClNS/c15-10-14(6-3-7-14)16-8-11-9-17-13-5-2-1-4-12(11)13/h1-2,4-5,11,16H,3,6-10H2. The van der Waals surface area contributed by atoms with Crippen LogP contribution < -0.4 is 5.32 Å². The van der Waals surface area contributed by atoms with E-state index in [0.29, 0.717) is 5.92 Å². The third kappa shape index (κ3) is 2.23. The monoisotopic (exact) mass is 267 g/mol. The molecule has 1 N–H and O–H groups in total. The molecule has 2 aliphatic rings. The number of fused-ring (bicyclic) bond motifs is 1. The second-order valence-electron chi connectivity index (χ2n) is 5.19. The Morgan fingerprint density at radius 1 is 1.35 bits per heavy atom. The van der Waals surface area contributed by atoms with Gasteiger partial charge in [-0.15, -0.1) is 23.4 Å². The van der Waals surface area contributed by atoms with E-state index in [1.807, 2.05) is 11.8 Å². The molecule has 3 heteroatoms. The van der Waals surface area contributed by atoms with Crippen molar-refractivity contribution < 1.29 is 0 Å². The van der Waals surface area contributed by atoms with Gasteiger partial charge >= 0.3 is 0 Å². The highest BCUT2D eigenvalue weighted by Crippen LogP contribution is 2.40. The highest BCUT2D eigenvalue weighted by molar-refractivity contribution is 7.99. The van der Waals surface area contributed by atoms with Gasteiger partial charge in [-0.1, -0.05) is 18.2 Å².